The number of nitrogens with zero attached hydrogens (tertiary/aromatic N) is 5. The Morgan fingerprint density at radius 2 is 2.00 bits per heavy atom. The number of halogens is 1. The highest BCUT2D eigenvalue weighted by atomic mass is 19.1. The van der Waals surface area contributed by atoms with Crippen molar-refractivity contribution in [1.82, 2.24) is 25.2 Å². The molecule has 0 atom stereocenters. The van der Waals surface area contributed by atoms with Gasteiger partial charge in [0, 0.05) is 5.56 Å². The third kappa shape index (κ3) is 1.88. The lowest BCUT2D eigenvalue weighted by molar-refractivity contribution is 0.446. The molecular formula is C12H10FN5O. The number of aromatic nitrogens is 5. The van der Waals surface area contributed by atoms with Crippen molar-refractivity contribution in [2.24, 2.45) is 0 Å². The molecule has 0 aliphatic carbocycles. The average molecular weight is 259 g/mol. The number of benzene rings is 1. The molecule has 0 spiro atoms. The molecular weight excluding hydrogens is 249 g/mol. The summed E-state index contributed by atoms with van der Waals surface area (Å²) in [7, 11) is 0. The topological polar surface area (TPSA) is 76.7 Å². The quantitative estimate of drug-likeness (QED) is 0.753. The number of rotatable bonds is 2. The van der Waals surface area contributed by atoms with Crippen molar-refractivity contribution in [3.63, 3.8) is 0 Å². The molecule has 3 aromatic rings. The fraction of sp³-hybridized carbons (Fsp3) is 0.167. The first-order valence-electron chi connectivity index (χ1n) is 5.65. The van der Waals surface area contributed by atoms with E-state index in [9.17, 15) is 9.50 Å². The van der Waals surface area contributed by atoms with Gasteiger partial charge in [-0.1, -0.05) is 23.4 Å². The summed E-state index contributed by atoms with van der Waals surface area (Å²) in [5.74, 6) is -0.591. The Bertz CT molecular complexity index is 755. The lowest BCUT2D eigenvalue weighted by Gasteiger charge is -2.04. The van der Waals surface area contributed by atoms with Crippen LogP contribution in [0.1, 0.15) is 11.3 Å². The van der Waals surface area contributed by atoms with Gasteiger partial charge in [-0.2, -0.15) is 0 Å². The van der Waals surface area contributed by atoms with Gasteiger partial charge in [0.25, 0.3) is 5.88 Å². The smallest absolute Gasteiger partial charge is 0.259 e. The summed E-state index contributed by atoms with van der Waals surface area (Å²) < 4.78 is 15.0. The van der Waals surface area contributed by atoms with Crippen LogP contribution in [0.3, 0.4) is 0 Å². The lowest BCUT2D eigenvalue weighted by atomic mass is 10.2. The van der Waals surface area contributed by atoms with Crippen LogP contribution < -0.4 is 0 Å². The lowest BCUT2D eigenvalue weighted by Crippen LogP contribution is -2.04. The van der Waals surface area contributed by atoms with Crippen molar-refractivity contribution >= 4 is 11.0 Å². The molecule has 6 nitrogen and oxygen atoms in total. The van der Waals surface area contributed by atoms with E-state index in [0.29, 0.717) is 22.3 Å². The van der Waals surface area contributed by atoms with Crippen LogP contribution in [0.15, 0.2) is 24.3 Å². The number of aromatic hydroxyl groups is 1. The molecule has 0 saturated carbocycles. The van der Waals surface area contributed by atoms with Crippen molar-refractivity contribution in [2.75, 3.05) is 0 Å². The van der Waals surface area contributed by atoms with Gasteiger partial charge in [0.1, 0.15) is 11.3 Å². The summed E-state index contributed by atoms with van der Waals surface area (Å²) in [6, 6.07) is 6.38. The first kappa shape index (κ1) is 11.5. The van der Waals surface area contributed by atoms with Gasteiger partial charge in [0.05, 0.1) is 12.2 Å². The van der Waals surface area contributed by atoms with E-state index in [-0.39, 0.29) is 18.2 Å². The van der Waals surface area contributed by atoms with Crippen LogP contribution in [0.4, 0.5) is 4.39 Å². The molecule has 0 fully saturated rings. The Morgan fingerprint density at radius 3 is 2.79 bits per heavy atom. The minimum atomic E-state index is -0.329. The summed E-state index contributed by atoms with van der Waals surface area (Å²) in [6.07, 6.45) is 0. The number of hydrogen-bond donors (Lipinski definition) is 1. The van der Waals surface area contributed by atoms with Gasteiger partial charge < -0.3 is 5.11 Å². The van der Waals surface area contributed by atoms with Gasteiger partial charge in [0.2, 0.25) is 0 Å². The molecule has 0 saturated heterocycles. The van der Waals surface area contributed by atoms with E-state index in [4.69, 9.17) is 0 Å². The predicted octanol–water partition coefficient (Wildman–Crippen LogP) is 1.42. The second-order valence-electron chi connectivity index (χ2n) is 4.14. The minimum absolute atomic E-state index is 0.169. The molecule has 0 amide bonds. The van der Waals surface area contributed by atoms with Crippen LogP contribution in [0.25, 0.3) is 11.0 Å². The Hall–Kier alpha value is -2.57. The van der Waals surface area contributed by atoms with E-state index in [0.717, 1.165) is 0 Å². The molecule has 0 bridgehead atoms. The normalized spacial score (nSPS) is 11.1. The van der Waals surface area contributed by atoms with Gasteiger partial charge in [-0.15, -0.1) is 15.3 Å². The molecule has 96 valence electrons. The third-order valence-electron chi connectivity index (χ3n) is 2.86. The van der Waals surface area contributed by atoms with Crippen LogP contribution in [0.2, 0.25) is 0 Å². The molecule has 0 aliphatic heterocycles. The Labute approximate surface area is 107 Å². The highest BCUT2D eigenvalue weighted by molar-refractivity contribution is 5.80. The first-order valence-corrected chi connectivity index (χ1v) is 5.65. The number of fused-ring (bicyclic) bond motifs is 1. The zero-order chi connectivity index (χ0) is 13.4. The maximum atomic E-state index is 13.6. The van der Waals surface area contributed by atoms with Crippen molar-refractivity contribution in [2.45, 2.75) is 13.5 Å². The molecule has 2 heterocycles. The zero-order valence-electron chi connectivity index (χ0n) is 10.1. The Morgan fingerprint density at radius 1 is 1.21 bits per heavy atom. The standard InChI is InChI=1S/C12H10FN5O/c1-7-10-11(12(19)16-14-7)18(17-15-10)6-8-4-2-3-5-9(8)13/h2-5H,6H2,1H3,(H,16,19). The van der Waals surface area contributed by atoms with Gasteiger partial charge >= 0.3 is 0 Å². The highest BCUT2D eigenvalue weighted by Gasteiger charge is 2.15. The molecule has 0 unspecified atom stereocenters. The van der Waals surface area contributed by atoms with Crippen LogP contribution in [-0.4, -0.2) is 30.3 Å². The summed E-state index contributed by atoms with van der Waals surface area (Å²) in [5.41, 5.74) is 1.84. The summed E-state index contributed by atoms with van der Waals surface area (Å²) in [4.78, 5) is 0. The van der Waals surface area contributed by atoms with E-state index in [1.165, 1.54) is 10.7 Å². The van der Waals surface area contributed by atoms with Gasteiger partial charge in [-0.3, -0.25) is 0 Å². The van der Waals surface area contributed by atoms with Crippen LogP contribution in [0, 0.1) is 12.7 Å². The van der Waals surface area contributed by atoms with E-state index >= 15 is 0 Å². The minimum Gasteiger partial charge on any atom is -0.491 e. The fourth-order valence-corrected chi connectivity index (χ4v) is 1.89. The maximum Gasteiger partial charge on any atom is 0.259 e. The van der Waals surface area contributed by atoms with Gasteiger partial charge in [-0.25, -0.2) is 9.07 Å². The van der Waals surface area contributed by atoms with E-state index in [1.807, 2.05) is 0 Å². The molecule has 0 radical (unpaired) electrons. The third-order valence-corrected chi connectivity index (χ3v) is 2.86. The van der Waals surface area contributed by atoms with Crippen molar-refractivity contribution in [1.29, 1.82) is 0 Å². The first-order chi connectivity index (χ1) is 9.16. The van der Waals surface area contributed by atoms with E-state index < -0.39 is 0 Å². The predicted molar refractivity (Wildman–Crippen MR) is 65.0 cm³/mol. The Kier molecular flexibility index (Phi) is 2.59. The van der Waals surface area contributed by atoms with Gasteiger partial charge in [0.15, 0.2) is 5.52 Å². The van der Waals surface area contributed by atoms with Crippen molar-refractivity contribution in [3.05, 3.63) is 41.3 Å². The molecule has 19 heavy (non-hydrogen) atoms. The molecule has 2 aromatic heterocycles. The molecule has 1 aromatic carbocycles. The number of hydrogen-bond acceptors (Lipinski definition) is 5. The monoisotopic (exact) mass is 259 g/mol. The van der Waals surface area contributed by atoms with Crippen LogP contribution >= 0.6 is 0 Å². The SMILES string of the molecule is Cc1nnc(O)c2c1nnn2Cc1ccccc1F. The van der Waals surface area contributed by atoms with Crippen LogP contribution in [0.5, 0.6) is 5.88 Å². The summed E-state index contributed by atoms with van der Waals surface area (Å²) in [5, 5.41) is 25.0. The average Bonchev–Trinajstić information content (AvgIpc) is 2.82. The fourth-order valence-electron chi connectivity index (χ4n) is 1.89. The van der Waals surface area contributed by atoms with Crippen molar-refractivity contribution < 1.29 is 9.50 Å². The van der Waals surface area contributed by atoms with E-state index in [2.05, 4.69) is 20.5 Å². The number of aryl methyl sites for hydroxylation is 1. The maximum absolute atomic E-state index is 13.6. The molecule has 1 N–H and O–H groups in total. The summed E-state index contributed by atoms with van der Waals surface area (Å²) in [6.45, 7) is 1.89. The molecule has 3 rings (SSSR count). The van der Waals surface area contributed by atoms with Gasteiger partial charge in [-0.05, 0) is 13.0 Å². The molecule has 7 heteroatoms. The zero-order valence-corrected chi connectivity index (χ0v) is 10.1. The second kappa shape index (κ2) is 4.27. The largest absolute Gasteiger partial charge is 0.491 e. The molecule has 0 aliphatic rings. The highest BCUT2D eigenvalue weighted by Crippen LogP contribution is 2.22. The van der Waals surface area contributed by atoms with Crippen molar-refractivity contribution in [3.8, 4) is 5.88 Å². The summed E-state index contributed by atoms with van der Waals surface area (Å²) >= 11 is 0. The van der Waals surface area contributed by atoms with Crippen LogP contribution in [-0.2, 0) is 6.54 Å². The second-order valence-corrected chi connectivity index (χ2v) is 4.14. The van der Waals surface area contributed by atoms with E-state index in [1.54, 1.807) is 25.1 Å². The Balaban J connectivity index is 2.12.